The van der Waals surface area contributed by atoms with E-state index in [0.717, 1.165) is 17.0 Å². The van der Waals surface area contributed by atoms with Crippen molar-refractivity contribution in [2.24, 2.45) is 0 Å². The zero-order valence-electron chi connectivity index (χ0n) is 15.6. The number of nitrogens with zero attached hydrogens (tertiary/aromatic N) is 1. The molecule has 0 aliphatic carbocycles. The van der Waals surface area contributed by atoms with Crippen LogP contribution in [0.5, 0.6) is 5.75 Å². The highest BCUT2D eigenvalue weighted by molar-refractivity contribution is 7.11. The number of aromatic nitrogens is 1. The summed E-state index contributed by atoms with van der Waals surface area (Å²) >= 11 is 1.73. The summed E-state index contributed by atoms with van der Waals surface area (Å²) in [5.74, 6) is 0.308. The van der Waals surface area contributed by atoms with Crippen molar-refractivity contribution >= 4 is 17.2 Å². The maximum absolute atomic E-state index is 12.5. The van der Waals surface area contributed by atoms with Gasteiger partial charge in [0.2, 0.25) is 0 Å². The van der Waals surface area contributed by atoms with Crippen molar-refractivity contribution in [2.75, 3.05) is 6.54 Å². The molecular formula is C22H24N2O2S. The van der Waals surface area contributed by atoms with Crippen LogP contribution in [0.3, 0.4) is 0 Å². The molecule has 3 aromatic rings. The van der Waals surface area contributed by atoms with Gasteiger partial charge in [-0.15, -0.1) is 11.3 Å². The summed E-state index contributed by atoms with van der Waals surface area (Å²) < 4.78 is 0. The summed E-state index contributed by atoms with van der Waals surface area (Å²) in [5.41, 5.74) is 1.46. The van der Waals surface area contributed by atoms with E-state index >= 15 is 0 Å². The van der Waals surface area contributed by atoms with Crippen LogP contribution in [-0.2, 0) is 6.42 Å². The smallest absolute Gasteiger partial charge is 0.255 e. The third kappa shape index (κ3) is 4.95. The summed E-state index contributed by atoms with van der Waals surface area (Å²) in [6.07, 6.45) is 2.72. The average Bonchev–Trinajstić information content (AvgIpc) is 3.15. The third-order valence-electron chi connectivity index (χ3n) is 4.49. The fourth-order valence-electron chi connectivity index (χ4n) is 2.91. The van der Waals surface area contributed by atoms with Crippen LogP contribution >= 0.6 is 11.3 Å². The van der Waals surface area contributed by atoms with Crippen molar-refractivity contribution in [1.29, 1.82) is 0 Å². The molecule has 5 heteroatoms. The molecule has 3 rings (SSSR count). The second-order valence-corrected chi connectivity index (χ2v) is 8.00. The quantitative estimate of drug-likeness (QED) is 0.623. The zero-order chi connectivity index (χ0) is 19.2. The van der Waals surface area contributed by atoms with E-state index in [2.05, 4.69) is 36.3 Å². The van der Waals surface area contributed by atoms with Gasteiger partial charge in [0.15, 0.2) is 0 Å². The Hall–Kier alpha value is -2.66. The van der Waals surface area contributed by atoms with Crippen molar-refractivity contribution in [2.45, 2.75) is 32.1 Å². The Morgan fingerprint density at radius 1 is 1.11 bits per heavy atom. The van der Waals surface area contributed by atoms with Crippen LogP contribution in [0, 0.1) is 0 Å². The summed E-state index contributed by atoms with van der Waals surface area (Å²) in [6.45, 7) is 4.81. The van der Waals surface area contributed by atoms with E-state index < -0.39 is 0 Å². The number of nitrogens with one attached hydrogen (secondary N) is 1. The lowest BCUT2D eigenvalue weighted by Gasteiger charge is -2.17. The summed E-state index contributed by atoms with van der Waals surface area (Å²) in [7, 11) is 0. The van der Waals surface area contributed by atoms with Gasteiger partial charge in [0.25, 0.3) is 5.91 Å². The van der Waals surface area contributed by atoms with Crippen molar-refractivity contribution in [3.63, 3.8) is 0 Å². The number of aromatic hydroxyl groups is 1. The predicted octanol–water partition coefficient (Wildman–Crippen LogP) is 4.73. The maximum Gasteiger partial charge on any atom is 0.255 e. The van der Waals surface area contributed by atoms with E-state index in [0.29, 0.717) is 18.0 Å². The lowest BCUT2D eigenvalue weighted by Crippen LogP contribution is -2.29. The number of phenols is 1. The van der Waals surface area contributed by atoms with Crippen LogP contribution in [0.15, 0.2) is 60.8 Å². The van der Waals surface area contributed by atoms with Crippen LogP contribution in [0.1, 0.15) is 51.5 Å². The van der Waals surface area contributed by atoms with Gasteiger partial charge in [0.1, 0.15) is 5.75 Å². The number of hydrogen-bond donors (Lipinski definition) is 2. The Labute approximate surface area is 163 Å². The lowest BCUT2D eigenvalue weighted by atomic mass is 9.96. The van der Waals surface area contributed by atoms with Crippen LogP contribution < -0.4 is 5.32 Å². The van der Waals surface area contributed by atoms with E-state index in [9.17, 15) is 9.90 Å². The van der Waals surface area contributed by atoms with Gasteiger partial charge >= 0.3 is 0 Å². The minimum absolute atomic E-state index is 0.00670. The molecule has 0 saturated heterocycles. The van der Waals surface area contributed by atoms with Gasteiger partial charge in [-0.05, 0) is 23.6 Å². The normalized spacial score (nSPS) is 12.1. The number of rotatable bonds is 7. The predicted molar refractivity (Wildman–Crippen MR) is 110 cm³/mol. The molecule has 2 aromatic carbocycles. The Kier molecular flexibility index (Phi) is 6.24. The minimum atomic E-state index is -0.268. The summed E-state index contributed by atoms with van der Waals surface area (Å²) in [5, 5.41) is 13.9. The Bertz CT molecular complexity index is 890. The number of benzene rings is 2. The van der Waals surface area contributed by atoms with Gasteiger partial charge in [-0.2, -0.15) is 0 Å². The SMILES string of the molecule is CC(C)c1cnc(CC(CNC(=O)c2ccccc2O)c2ccccc2)s1. The molecule has 1 atom stereocenters. The molecule has 1 unspecified atom stereocenters. The largest absolute Gasteiger partial charge is 0.507 e. The second kappa shape index (κ2) is 8.82. The first-order chi connectivity index (χ1) is 13.0. The highest BCUT2D eigenvalue weighted by Crippen LogP contribution is 2.27. The Morgan fingerprint density at radius 3 is 2.48 bits per heavy atom. The van der Waals surface area contributed by atoms with Gasteiger partial charge in [0.05, 0.1) is 10.6 Å². The van der Waals surface area contributed by atoms with Crippen molar-refractivity contribution in [1.82, 2.24) is 10.3 Å². The summed E-state index contributed by atoms with van der Waals surface area (Å²) in [6, 6.07) is 16.7. The molecule has 0 aliphatic rings. The highest BCUT2D eigenvalue weighted by atomic mass is 32.1. The molecule has 0 radical (unpaired) electrons. The van der Waals surface area contributed by atoms with Gasteiger partial charge < -0.3 is 10.4 Å². The fourth-order valence-corrected chi connectivity index (χ4v) is 3.91. The van der Waals surface area contributed by atoms with E-state index in [4.69, 9.17) is 0 Å². The molecule has 0 bridgehead atoms. The van der Waals surface area contributed by atoms with Crippen molar-refractivity contribution in [3.8, 4) is 5.75 Å². The molecular weight excluding hydrogens is 356 g/mol. The molecule has 4 nitrogen and oxygen atoms in total. The zero-order valence-corrected chi connectivity index (χ0v) is 16.4. The second-order valence-electron chi connectivity index (χ2n) is 6.85. The fraction of sp³-hybridized carbons (Fsp3) is 0.273. The van der Waals surface area contributed by atoms with Crippen molar-refractivity contribution in [3.05, 3.63) is 81.8 Å². The van der Waals surface area contributed by atoms with E-state index in [1.165, 1.54) is 10.9 Å². The molecule has 0 spiro atoms. The van der Waals surface area contributed by atoms with Gasteiger partial charge in [-0.1, -0.05) is 56.3 Å². The first kappa shape index (κ1) is 19.1. The number of carbonyl (C=O) groups excluding carboxylic acids is 1. The average molecular weight is 381 g/mol. The first-order valence-corrected chi connectivity index (χ1v) is 9.92. The van der Waals surface area contributed by atoms with E-state index in [1.54, 1.807) is 29.5 Å². The summed E-state index contributed by atoms with van der Waals surface area (Å²) in [4.78, 5) is 18.3. The standard InChI is InChI=1S/C22H24N2O2S/c1-15(2)20-14-23-21(27-20)12-17(16-8-4-3-5-9-16)13-24-22(26)18-10-6-7-11-19(18)25/h3-11,14-15,17,25H,12-13H2,1-2H3,(H,24,26). The van der Waals surface area contributed by atoms with Gasteiger partial charge in [-0.3, -0.25) is 4.79 Å². The Balaban J connectivity index is 1.74. The number of amides is 1. The van der Waals surface area contributed by atoms with Crippen molar-refractivity contribution < 1.29 is 9.90 Å². The van der Waals surface area contributed by atoms with E-state index in [-0.39, 0.29) is 17.6 Å². The molecule has 27 heavy (non-hydrogen) atoms. The van der Waals surface area contributed by atoms with Crippen LogP contribution in [0.2, 0.25) is 0 Å². The van der Waals surface area contributed by atoms with Crippen LogP contribution in [0.25, 0.3) is 0 Å². The minimum Gasteiger partial charge on any atom is -0.507 e. The third-order valence-corrected chi connectivity index (χ3v) is 5.81. The van der Waals surface area contributed by atoms with Crippen LogP contribution in [-0.4, -0.2) is 22.5 Å². The molecule has 0 aliphatic heterocycles. The number of thiazole rings is 1. The topological polar surface area (TPSA) is 62.2 Å². The molecule has 1 heterocycles. The maximum atomic E-state index is 12.5. The van der Waals surface area contributed by atoms with Gasteiger partial charge in [0, 0.05) is 30.0 Å². The first-order valence-electron chi connectivity index (χ1n) is 9.10. The molecule has 1 amide bonds. The van der Waals surface area contributed by atoms with Gasteiger partial charge in [-0.25, -0.2) is 4.98 Å². The molecule has 0 fully saturated rings. The number of hydrogen-bond acceptors (Lipinski definition) is 4. The van der Waals surface area contributed by atoms with Crippen LogP contribution in [0.4, 0.5) is 0 Å². The Morgan fingerprint density at radius 2 is 1.81 bits per heavy atom. The number of para-hydroxylation sites is 1. The van der Waals surface area contributed by atoms with E-state index in [1.807, 2.05) is 24.4 Å². The highest BCUT2D eigenvalue weighted by Gasteiger charge is 2.18. The molecule has 1 aromatic heterocycles. The number of carbonyl (C=O) groups is 1. The number of phenolic OH excluding ortho intramolecular Hbond substituents is 1. The molecule has 140 valence electrons. The molecule has 2 N–H and O–H groups in total. The lowest BCUT2D eigenvalue weighted by molar-refractivity contribution is 0.0948. The molecule has 0 saturated carbocycles. The monoisotopic (exact) mass is 380 g/mol.